The van der Waals surface area contributed by atoms with Gasteiger partial charge in [-0.25, -0.2) is 0 Å². The minimum atomic E-state index is 0.719. The molecule has 0 radical (unpaired) electrons. The van der Waals surface area contributed by atoms with E-state index in [4.69, 9.17) is 5.73 Å². The van der Waals surface area contributed by atoms with Crippen molar-refractivity contribution in [2.75, 3.05) is 5.73 Å². The molecule has 0 saturated heterocycles. The number of nitrogens with two attached hydrogens (primary N) is 1. The van der Waals surface area contributed by atoms with Gasteiger partial charge in [-0.15, -0.1) is 10.2 Å². The second-order valence-corrected chi connectivity index (χ2v) is 3.43. The first-order valence-corrected chi connectivity index (χ1v) is 4.47. The topological polar surface area (TPSA) is 56.7 Å². The number of nitrogens with zero attached hydrogens (tertiary/aromatic N) is 3. The van der Waals surface area contributed by atoms with Crippen molar-refractivity contribution in [3.8, 4) is 5.69 Å². The van der Waals surface area contributed by atoms with E-state index in [1.165, 1.54) is 0 Å². The smallest absolute Gasteiger partial charge is 0.123 e. The minimum absolute atomic E-state index is 0.719. The fourth-order valence-corrected chi connectivity index (χ4v) is 1.38. The zero-order valence-corrected chi connectivity index (χ0v) is 8.27. The average Bonchev–Trinajstić information content (AvgIpc) is 2.62. The predicted molar refractivity (Wildman–Crippen MR) is 53.5 cm³/mol. The third kappa shape index (κ3) is 1.55. The Labute approximate surface area is 83.5 Å². The van der Waals surface area contributed by atoms with Gasteiger partial charge in [-0.1, -0.05) is 0 Å². The van der Waals surface area contributed by atoms with Crippen LogP contribution < -0.4 is 5.73 Å². The number of benzene rings is 1. The summed E-state index contributed by atoms with van der Waals surface area (Å²) >= 11 is 3.35. The van der Waals surface area contributed by atoms with Crippen LogP contribution in [0.15, 0.2) is 35.3 Å². The molecule has 5 heteroatoms. The van der Waals surface area contributed by atoms with Gasteiger partial charge >= 0.3 is 0 Å². The molecule has 0 atom stereocenters. The van der Waals surface area contributed by atoms with E-state index in [1.54, 1.807) is 12.7 Å². The molecule has 0 aliphatic heterocycles. The highest BCUT2D eigenvalue weighted by Crippen LogP contribution is 2.21. The molecular weight excluding hydrogens is 232 g/mol. The molecule has 0 saturated carbocycles. The van der Waals surface area contributed by atoms with E-state index in [-0.39, 0.29) is 0 Å². The highest BCUT2D eigenvalue weighted by molar-refractivity contribution is 9.10. The second-order valence-electron chi connectivity index (χ2n) is 2.57. The minimum Gasteiger partial charge on any atom is -0.398 e. The lowest BCUT2D eigenvalue weighted by atomic mass is 10.3. The third-order valence-corrected chi connectivity index (χ3v) is 2.39. The maximum Gasteiger partial charge on any atom is 0.123 e. The first-order chi connectivity index (χ1) is 6.27. The van der Waals surface area contributed by atoms with Gasteiger partial charge in [0, 0.05) is 15.8 Å². The molecule has 0 amide bonds. The first-order valence-electron chi connectivity index (χ1n) is 3.67. The second kappa shape index (κ2) is 3.18. The molecule has 1 aromatic heterocycles. The van der Waals surface area contributed by atoms with Gasteiger partial charge in [0.1, 0.15) is 12.7 Å². The first kappa shape index (κ1) is 8.25. The predicted octanol–water partition coefficient (Wildman–Crippen LogP) is 1.61. The molecule has 1 heterocycles. The normalized spacial score (nSPS) is 10.2. The molecule has 66 valence electrons. The van der Waals surface area contributed by atoms with Gasteiger partial charge < -0.3 is 5.73 Å². The van der Waals surface area contributed by atoms with Gasteiger partial charge in [-0.2, -0.15) is 0 Å². The number of hydrogen-bond acceptors (Lipinski definition) is 3. The van der Waals surface area contributed by atoms with Crippen LogP contribution in [0.1, 0.15) is 0 Å². The van der Waals surface area contributed by atoms with E-state index >= 15 is 0 Å². The number of aromatic nitrogens is 3. The van der Waals surface area contributed by atoms with Gasteiger partial charge in [0.2, 0.25) is 0 Å². The third-order valence-electron chi connectivity index (χ3n) is 1.70. The summed E-state index contributed by atoms with van der Waals surface area (Å²) in [7, 11) is 0. The van der Waals surface area contributed by atoms with Crippen LogP contribution in [0, 0.1) is 0 Å². The van der Waals surface area contributed by atoms with Crippen LogP contribution >= 0.6 is 15.9 Å². The maximum atomic E-state index is 5.65. The van der Waals surface area contributed by atoms with Gasteiger partial charge in [0.25, 0.3) is 0 Å². The highest BCUT2D eigenvalue weighted by Gasteiger charge is 1.99. The molecule has 4 nitrogen and oxygen atoms in total. The zero-order chi connectivity index (χ0) is 9.26. The van der Waals surface area contributed by atoms with E-state index in [0.29, 0.717) is 0 Å². The SMILES string of the molecule is Nc1ccc(-n2cnnc2)cc1Br. The number of anilines is 1. The molecule has 2 rings (SSSR count). The fraction of sp³-hybridized carbons (Fsp3) is 0. The summed E-state index contributed by atoms with van der Waals surface area (Å²) in [5, 5.41) is 7.43. The Balaban J connectivity index is 2.49. The van der Waals surface area contributed by atoms with Crippen molar-refractivity contribution in [2.24, 2.45) is 0 Å². The van der Waals surface area contributed by atoms with Crippen LogP contribution in [0.3, 0.4) is 0 Å². The number of halogens is 1. The Bertz CT molecular complexity index is 410. The van der Waals surface area contributed by atoms with Gasteiger partial charge in [0.05, 0.1) is 0 Å². The molecule has 0 spiro atoms. The Morgan fingerprint density at radius 1 is 1.23 bits per heavy atom. The van der Waals surface area contributed by atoms with Gasteiger partial charge in [0.15, 0.2) is 0 Å². The van der Waals surface area contributed by atoms with Crippen LogP contribution in [0.4, 0.5) is 5.69 Å². The number of hydrogen-bond donors (Lipinski definition) is 1. The van der Waals surface area contributed by atoms with E-state index in [1.807, 2.05) is 22.8 Å². The van der Waals surface area contributed by atoms with E-state index < -0.39 is 0 Å². The molecule has 1 aromatic carbocycles. The van der Waals surface area contributed by atoms with Crippen molar-refractivity contribution in [3.05, 3.63) is 35.3 Å². The lowest BCUT2D eigenvalue weighted by Gasteiger charge is -2.03. The highest BCUT2D eigenvalue weighted by atomic mass is 79.9. The summed E-state index contributed by atoms with van der Waals surface area (Å²) in [5.74, 6) is 0. The Morgan fingerprint density at radius 3 is 2.54 bits per heavy atom. The molecule has 0 bridgehead atoms. The summed E-state index contributed by atoms with van der Waals surface area (Å²) in [6.07, 6.45) is 3.27. The molecule has 2 aromatic rings. The van der Waals surface area contributed by atoms with Crippen molar-refractivity contribution in [1.29, 1.82) is 0 Å². The van der Waals surface area contributed by atoms with Crippen molar-refractivity contribution in [2.45, 2.75) is 0 Å². The van der Waals surface area contributed by atoms with Crippen molar-refractivity contribution < 1.29 is 0 Å². The van der Waals surface area contributed by atoms with Crippen LogP contribution in [0.25, 0.3) is 5.69 Å². The summed E-state index contributed by atoms with van der Waals surface area (Å²) in [6, 6.07) is 5.65. The van der Waals surface area contributed by atoms with E-state index in [2.05, 4.69) is 26.1 Å². The van der Waals surface area contributed by atoms with Crippen molar-refractivity contribution >= 4 is 21.6 Å². The average molecular weight is 239 g/mol. The van der Waals surface area contributed by atoms with Gasteiger partial charge in [-0.05, 0) is 34.1 Å². The van der Waals surface area contributed by atoms with Crippen LogP contribution in [-0.4, -0.2) is 14.8 Å². The van der Waals surface area contributed by atoms with Crippen LogP contribution in [-0.2, 0) is 0 Å². The molecule has 2 N–H and O–H groups in total. The van der Waals surface area contributed by atoms with Crippen LogP contribution in [0.2, 0.25) is 0 Å². The van der Waals surface area contributed by atoms with Crippen molar-refractivity contribution in [1.82, 2.24) is 14.8 Å². The monoisotopic (exact) mass is 238 g/mol. The number of rotatable bonds is 1. The summed E-state index contributed by atoms with van der Waals surface area (Å²) < 4.78 is 2.68. The lowest BCUT2D eigenvalue weighted by molar-refractivity contribution is 1.05. The Morgan fingerprint density at radius 2 is 1.92 bits per heavy atom. The Hall–Kier alpha value is -1.36. The maximum absolute atomic E-state index is 5.65. The van der Waals surface area contributed by atoms with E-state index in [9.17, 15) is 0 Å². The lowest BCUT2D eigenvalue weighted by Crippen LogP contribution is -1.92. The molecule has 13 heavy (non-hydrogen) atoms. The fourth-order valence-electron chi connectivity index (χ4n) is 1.01. The quantitative estimate of drug-likeness (QED) is 0.769. The summed E-state index contributed by atoms with van der Waals surface area (Å²) in [6.45, 7) is 0. The summed E-state index contributed by atoms with van der Waals surface area (Å²) in [4.78, 5) is 0. The number of nitrogen functional groups attached to an aromatic ring is 1. The zero-order valence-electron chi connectivity index (χ0n) is 6.68. The molecular formula is C8H7BrN4. The van der Waals surface area contributed by atoms with Crippen LogP contribution in [0.5, 0.6) is 0 Å². The molecule has 0 unspecified atom stereocenters. The molecule has 0 aliphatic carbocycles. The standard InChI is InChI=1S/C8H7BrN4/c9-7-3-6(1-2-8(7)10)13-4-11-12-5-13/h1-5H,10H2. The molecule has 0 fully saturated rings. The summed E-state index contributed by atoms with van der Waals surface area (Å²) in [5.41, 5.74) is 7.35. The Kier molecular flexibility index (Phi) is 2.02. The largest absolute Gasteiger partial charge is 0.398 e. The van der Waals surface area contributed by atoms with E-state index in [0.717, 1.165) is 15.8 Å². The van der Waals surface area contributed by atoms with Gasteiger partial charge in [-0.3, -0.25) is 4.57 Å². The molecule has 0 aliphatic rings. The van der Waals surface area contributed by atoms with Crippen molar-refractivity contribution in [3.63, 3.8) is 0 Å².